The molecule has 0 aliphatic carbocycles. The minimum absolute atomic E-state index is 0.0164. The Morgan fingerprint density at radius 1 is 1.13 bits per heavy atom. The molecule has 210 valence electrons. The third kappa shape index (κ3) is 6.06. The first kappa shape index (κ1) is 28.5. The molecule has 3 heterocycles. The molecule has 4 unspecified atom stereocenters. The Morgan fingerprint density at radius 3 is 2.55 bits per heavy atom. The van der Waals surface area contributed by atoms with Crippen molar-refractivity contribution in [1.82, 2.24) is 15.3 Å². The summed E-state index contributed by atoms with van der Waals surface area (Å²) >= 11 is 0. The van der Waals surface area contributed by atoms with Gasteiger partial charge in [-0.2, -0.15) is 17.6 Å². The number of rotatable bonds is 10. The molecule has 2 fully saturated rings. The van der Waals surface area contributed by atoms with Crippen molar-refractivity contribution in [2.45, 2.75) is 89.2 Å². The quantitative estimate of drug-likeness (QED) is 0.329. The highest BCUT2D eigenvalue weighted by Crippen LogP contribution is 2.40. The standard InChI is InChI=1S/C28H39F4N5O/c1-4-6-15-27(5-2)21(13-14-23(36-27)38-3)17-33-25-24(29)26(35-18-34-25)37-16-7-8-22(37)19-9-11-20(12-10-19)28(30,31)32/h9-12,18,21-23,36H,4-8,13-17H2,1-3H3,(H,33,34,35). The molecule has 4 atom stereocenters. The molecule has 0 radical (unpaired) electrons. The van der Waals surface area contributed by atoms with Crippen LogP contribution < -0.4 is 15.5 Å². The second-order valence-corrected chi connectivity index (χ2v) is 10.5. The zero-order valence-corrected chi connectivity index (χ0v) is 22.5. The average molecular weight is 538 g/mol. The lowest BCUT2D eigenvalue weighted by atomic mass is 9.72. The van der Waals surface area contributed by atoms with Crippen LogP contribution in [0.5, 0.6) is 0 Å². The second-order valence-electron chi connectivity index (χ2n) is 10.5. The predicted octanol–water partition coefficient (Wildman–Crippen LogP) is 6.70. The molecule has 2 N–H and O–H groups in total. The molecule has 10 heteroatoms. The molecule has 1 aromatic heterocycles. The van der Waals surface area contributed by atoms with Gasteiger partial charge >= 0.3 is 6.18 Å². The van der Waals surface area contributed by atoms with Crippen molar-refractivity contribution in [2.24, 2.45) is 5.92 Å². The van der Waals surface area contributed by atoms with Crippen LogP contribution in [0.4, 0.5) is 29.2 Å². The zero-order valence-electron chi connectivity index (χ0n) is 22.5. The number of benzene rings is 1. The van der Waals surface area contributed by atoms with Gasteiger partial charge in [-0.3, -0.25) is 5.32 Å². The van der Waals surface area contributed by atoms with Crippen LogP contribution in [0.3, 0.4) is 0 Å². The van der Waals surface area contributed by atoms with E-state index < -0.39 is 17.6 Å². The van der Waals surface area contributed by atoms with Crippen LogP contribution in [0, 0.1) is 11.7 Å². The zero-order chi connectivity index (χ0) is 27.3. The summed E-state index contributed by atoms with van der Waals surface area (Å²) in [6.45, 7) is 5.50. The van der Waals surface area contributed by atoms with Crippen molar-refractivity contribution in [3.05, 3.63) is 47.5 Å². The van der Waals surface area contributed by atoms with Crippen LogP contribution in [0.1, 0.15) is 82.4 Å². The van der Waals surface area contributed by atoms with Gasteiger partial charge in [-0.25, -0.2) is 9.97 Å². The van der Waals surface area contributed by atoms with Crippen molar-refractivity contribution in [2.75, 3.05) is 30.4 Å². The first-order valence-electron chi connectivity index (χ1n) is 13.7. The summed E-state index contributed by atoms with van der Waals surface area (Å²) in [5, 5.41) is 6.99. The molecule has 2 saturated heterocycles. The lowest BCUT2D eigenvalue weighted by Crippen LogP contribution is -2.60. The first-order valence-corrected chi connectivity index (χ1v) is 13.7. The summed E-state index contributed by atoms with van der Waals surface area (Å²) in [6.07, 6.45) is 4.49. The van der Waals surface area contributed by atoms with Crippen LogP contribution in [0.2, 0.25) is 0 Å². The highest BCUT2D eigenvalue weighted by Gasteiger charge is 2.42. The van der Waals surface area contributed by atoms with Gasteiger partial charge in [-0.1, -0.05) is 38.8 Å². The lowest BCUT2D eigenvalue weighted by molar-refractivity contribution is -0.137. The smallest absolute Gasteiger partial charge is 0.367 e. The van der Waals surface area contributed by atoms with Crippen LogP contribution in [-0.4, -0.2) is 41.9 Å². The average Bonchev–Trinajstić information content (AvgIpc) is 3.41. The normalized spacial score (nSPS) is 26.1. The summed E-state index contributed by atoms with van der Waals surface area (Å²) in [4.78, 5) is 10.3. The van der Waals surface area contributed by atoms with Crippen LogP contribution in [0.25, 0.3) is 0 Å². The molecule has 4 rings (SSSR count). The molecular weight excluding hydrogens is 498 g/mol. The van der Waals surface area contributed by atoms with Gasteiger partial charge < -0.3 is 15.0 Å². The van der Waals surface area contributed by atoms with Gasteiger partial charge in [0.05, 0.1) is 11.6 Å². The van der Waals surface area contributed by atoms with E-state index in [0.29, 0.717) is 25.1 Å². The number of nitrogens with zero attached hydrogens (tertiary/aromatic N) is 3. The van der Waals surface area contributed by atoms with E-state index in [1.54, 1.807) is 7.11 Å². The van der Waals surface area contributed by atoms with Crippen molar-refractivity contribution in [3.63, 3.8) is 0 Å². The van der Waals surface area contributed by atoms with Gasteiger partial charge in [0.25, 0.3) is 0 Å². The molecule has 2 aliphatic heterocycles. The summed E-state index contributed by atoms with van der Waals surface area (Å²) in [7, 11) is 1.73. The topological polar surface area (TPSA) is 62.3 Å². The lowest BCUT2D eigenvalue weighted by Gasteiger charge is -2.48. The maximum absolute atomic E-state index is 15.8. The number of anilines is 2. The molecule has 2 aromatic rings. The van der Waals surface area contributed by atoms with Crippen LogP contribution >= 0.6 is 0 Å². The summed E-state index contributed by atoms with van der Waals surface area (Å²) in [5.41, 5.74) is -0.0778. The van der Waals surface area contributed by atoms with Gasteiger partial charge in [0, 0.05) is 25.7 Å². The highest BCUT2D eigenvalue weighted by atomic mass is 19.4. The Labute approximate surface area is 222 Å². The molecule has 0 bridgehead atoms. The van der Waals surface area contributed by atoms with Crippen LogP contribution in [-0.2, 0) is 10.9 Å². The minimum Gasteiger partial charge on any atom is -0.367 e. The van der Waals surface area contributed by atoms with Crippen molar-refractivity contribution < 1.29 is 22.3 Å². The number of methoxy groups -OCH3 is 1. The third-order valence-electron chi connectivity index (χ3n) is 8.33. The Bertz CT molecular complexity index is 1050. The third-order valence-corrected chi connectivity index (χ3v) is 8.33. The number of ether oxygens (including phenoxy) is 1. The Hall–Kier alpha value is -2.46. The Morgan fingerprint density at radius 2 is 1.89 bits per heavy atom. The fraction of sp³-hybridized carbons (Fsp3) is 0.643. The maximum Gasteiger partial charge on any atom is 0.416 e. The van der Waals surface area contributed by atoms with E-state index in [1.807, 2.05) is 4.90 Å². The van der Waals surface area contributed by atoms with Crippen molar-refractivity contribution in [1.29, 1.82) is 0 Å². The molecular formula is C28H39F4N5O. The number of piperidine rings is 1. The van der Waals surface area contributed by atoms with E-state index in [2.05, 4.69) is 34.4 Å². The second kappa shape index (κ2) is 12.2. The van der Waals surface area contributed by atoms with E-state index >= 15 is 4.39 Å². The highest BCUT2D eigenvalue weighted by molar-refractivity contribution is 5.53. The fourth-order valence-electron chi connectivity index (χ4n) is 6.11. The van der Waals surface area contributed by atoms with Gasteiger partial charge in [-0.05, 0) is 62.1 Å². The molecule has 0 saturated carbocycles. The summed E-state index contributed by atoms with van der Waals surface area (Å²) < 4.78 is 60.4. The fourth-order valence-corrected chi connectivity index (χ4v) is 6.11. The molecule has 6 nitrogen and oxygen atoms in total. The maximum atomic E-state index is 15.8. The van der Waals surface area contributed by atoms with E-state index in [4.69, 9.17) is 4.74 Å². The van der Waals surface area contributed by atoms with Crippen molar-refractivity contribution in [3.8, 4) is 0 Å². The van der Waals surface area contributed by atoms with E-state index in [9.17, 15) is 13.2 Å². The molecule has 1 aromatic carbocycles. The Balaban J connectivity index is 1.51. The summed E-state index contributed by atoms with van der Waals surface area (Å²) in [6, 6.07) is 4.88. The largest absolute Gasteiger partial charge is 0.416 e. The van der Waals surface area contributed by atoms with E-state index in [-0.39, 0.29) is 35.4 Å². The molecule has 0 amide bonds. The van der Waals surface area contributed by atoms with E-state index in [0.717, 1.165) is 57.1 Å². The molecule has 0 spiro atoms. The number of hydrogen-bond donors (Lipinski definition) is 2. The van der Waals surface area contributed by atoms with Gasteiger partial charge in [0.2, 0.25) is 5.82 Å². The summed E-state index contributed by atoms with van der Waals surface area (Å²) in [5.74, 6) is 0.0803. The number of aromatic nitrogens is 2. The Kier molecular flexibility index (Phi) is 9.13. The van der Waals surface area contributed by atoms with E-state index in [1.165, 1.54) is 18.5 Å². The number of nitrogens with one attached hydrogen (secondary N) is 2. The number of halogens is 4. The van der Waals surface area contributed by atoms with Gasteiger partial charge in [0.1, 0.15) is 12.6 Å². The number of hydrogen-bond acceptors (Lipinski definition) is 6. The minimum atomic E-state index is -4.39. The van der Waals surface area contributed by atoms with Crippen molar-refractivity contribution >= 4 is 11.6 Å². The monoisotopic (exact) mass is 537 g/mol. The van der Waals surface area contributed by atoms with Crippen LogP contribution in [0.15, 0.2) is 30.6 Å². The number of alkyl halides is 3. The number of unbranched alkanes of at least 4 members (excludes halogenated alkanes) is 1. The molecule has 2 aliphatic rings. The van der Waals surface area contributed by atoms with Gasteiger partial charge in [-0.15, -0.1) is 0 Å². The first-order chi connectivity index (χ1) is 18.2. The predicted molar refractivity (Wildman–Crippen MR) is 140 cm³/mol. The molecule has 38 heavy (non-hydrogen) atoms. The van der Waals surface area contributed by atoms with Gasteiger partial charge in [0.15, 0.2) is 11.6 Å². The SMILES string of the molecule is CCCCC1(CC)NC(OC)CCC1CNc1ncnc(N2CCCC2c2ccc(C(F)(F)F)cc2)c1F.